The average Bonchev–Trinajstić information content (AvgIpc) is 2.44. The minimum atomic E-state index is 0.603. The van der Waals surface area contributed by atoms with Gasteiger partial charge in [-0.2, -0.15) is 0 Å². The number of halogens is 1. The minimum Gasteiger partial charge on any atom is -0.493 e. The van der Waals surface area contributed by atoms with E-state index >= 15 is 0 Å². The second-order valence-corrected chi connectivity index (χ2v) is 5.73. The number of hydrogen-bond donors (Lipinski definition) is 1. The van der Waals surface area contributed by atoms with Gasteiger partial charge in [0.2, 0.25) is 0 Å². The Morgan fingerprint density at radius 2 is 1.95 bits per heavy atom. The molecule has 0 aromatic heterocycles. The Balaban J connectivity index is 2.78. The molecule has 0 aliphatic rings. The van der Waals surface area contributed by atoms with E-state index in [1.165, 1.54) is 0 Å². The van der Waals surface area contributed by atoms with Crippen molar-refractivity contribution in [3.05, 3.63) is 22.7 Å². The van der Waals surface area contributed by atoms with Crippen molar-refractivity contribution >= 4 is 11.6 Å². The Labute approximate surface area is 132 Å². The summed E-state index contributed by atoms with van der Waals surface area (Å²) in [5, 5.41) is 3.95. The van der Waals surface area contributed by atoms with E-state index in [1.54, 1.807) is 20.3 Å². The largest absolute Gasteiger partial charge is 0.493 e. The fraction of sp³-hybridized carbons (Fsp3) is 0.625. The molecule has 0 amide bonds. The Hall–Kier alpha value is -0.970. The van der Waals surface area contributed by atoms with Crippen LogP contribution in [0.3, 0.4) is 0 Å². The van der Waals surface area contributed by atoms with Gasteiger partial charge < -0.3 is 19.5 Å². The van der Waals surface area contributed by atoms with Gasteiger partial charge in [0.15, 0.2) is 11.5 Å². The maximum atomic E-state index is 6.14. The van der Waals surface area contributed by atoms with Gasteiger partial charge >= 0.3 is 0 Å². The highest BCUT2D eigenvalue weighted by atomic mass is 35.5. The molecule has 0 heterocycles. The van der Waals surface area contributed by atoms with Crippen molar-refractivity contribution < 1.29 is 14.2 Å². The molecule has 1 N–H and O–H groups in total. The molecule has 0 saturated carbocycles. The van der Waals surface area contributed by atoms with E-state index in [1.807, 2.05) is 6.07 Å². The molecule has 0 saturated heterocycles. The van der Waals surface area contributed by atoms with Crippen LogP contribution < -0.4 is 14.8 Å². The third kappa shape index (κ3) is 6.55. The zero-order valence-electron chi connectivity index (χ0n) is 13.4. The maximum absolute atomic E-state index is 6.14. The molecule has 1 rings (SSSR count). The molecule has 5 heteroatoms. The lowest BCUT2D eigenvalue weighted by Crippen LogP contribution is -2.19. The number of nitrogens with one attached hydrogen (secondary N) is 1. The Morgan fingerprint density at radius 3 is 2.57 bits per heavy atom. The van der Waals surface area contributed by atoms with E-state index in [4.69, 9.17) is 25.8 Å². The molecule has 0 aliphatic carbocycles. The van der Waals surface area contributed by atoms with Gasteiger partial charge in [-0.05, 0) is 18.4 Å². The first-order valence-electron chi connectivity index (χ1n) is 7.27. The third-order valence-corrected chi connectivity index (χ3v) is 3.27. The van der Waals surface area contributed by atoms with Crippen molar-refractivity contribution in [2.75, 3.05) is 34.0 Å². The van der Waals surface area contributed by atoms with Gasteiger partial charge in [-0.3, -0.25) is 0 Å². The van der Waals surface area contributed by atoms with Crippen LogP contribution in [-0.4, -0.2) is 34.0 Å². The Morgan fingerprint density at radius 1 is 1.19 bits per heavy atom. The summed E-state index contributed by atoms with van der Waals surface area (Å²) in [5.41, 5.74) is 0.999. The number of methoxy groups -OCH3 is 2. The van der Waals surface area contributed by atoms with Gasteiger partial charge in [-0.25, -0.2) is 0 Å². The van der Waals surface area contributed by atoms with E-state index in [0.717, 1.165) is 24.3 Å². The lowest BCUT2D eigenvalue weighted by atomic mass is 10.1. The molecule has 4 nitrogen and oxygen atoms in total. The molecule has 1 aromatic rings. The van der Waals surface area contributed by atoms with Gasteiger partial charge in [0.1, 0.15) is 0 Å². The highest BCUT2D eigenvalue weighted by Gasteiger charge is 2.13. The molecular weight excluding hydrogens is 290 g/mol. The van der Waals surface area contributed by atoms with Gasteiger partial charge in [0.25, 0.3) is 0 Å². The highest BCUT2D eigenvalue weighted by Crippen LogP contribution is 2.35. The van der Waals surface area contributed by atoms with Gasteiger partial charge in [-0.15, -0.1) is 0 Å². The monoisotopic (exact) mass is 315 g/mol. The lowest BCUT2D eigenvalue weighted by molar-refractivity contribution is 0.199. The number of benzene rings is 1. The quantitative estimate of drug-likeness (QED) is 0.671. The molecule has 0 spiro atoms. The Bertz CT molecular complexity index is 424. The standard InChI is InChI=1S/C16H26ClNO3/c1-12(2)5-7-21-16-13(11-18-6-8-19-3)9-14(17)10-15(16)20-4/h9-10,12,18H,5-8,11H2,1-4H3. The van der Waals surface area contributed by atoms with Crippen LogP contribution in [0.25, 0.3) is 0 Å². The zero-order valence-corrected chi connectivity index (χ0v) is 14.1. The smallest absolute Gasteiger partial charge is 0.165 e. The van der Waals surface area contributed by atoms with Crippen molar-refractivity contribution in [2.45, 2.75) is 26.8 Å². The molecule has 0 bridgehead atoms. The molecule has 0 aliphatic heterocycles. The molecular formula is C16H26ClNO3. The topological polar surface area (TPSA) is 39.7 Å². The maximum Gasteiger partial charge on any atom is 0.165 e. The van der Waals surface area contributed by atoms with Crippen molar-refractivity contribution in [2.24, 2.45) is 5.92 Å². The van der Waals surface area contributed by atoms with E-state index in [2.05, 4.69) is 19.2 Å². The average molecular weight is 316 g/mol. The second kappa shape index (κ2) is 9.87. The highest BCUT2D eigenvalue weighted by molar-refractivity contribution is 6.30. The molecule has 0 atom stereocenters. The number of hydrogen-bond acceptors (Lipinski definition) is 4. The van der Waals surface area contributed by atoms with E-state index < -0.39 is 0 Å². The summed E-state index contributed by atoms with van der Waals surface area (Å²) in [7, 11) is 3.31. The number of ether oxygens (including phenoxy) is 3. The third-order valence-electron chi connectivity index (χ3n) is 3.06. The fourth-order valence-corrected chi connectivity index (χ4v) is 2.09. The molecule has 1 aromatic carbocycles. The second-order valence-electron chi connectivity index (χ2n) is 5.30. The summed E-state index contributed by atoms with van der Waals surface area (Å²) in [4.78, 5) is 0. The van der Waals surface area contributed by atoms with Crippen molar-refractivity contribution in [3.8, 4) is 11.5 Å². The van der Waals surface area contributed by atoms with E-state index in [9.17, 15) is 0 Å². The van der Waals surface area contributed by atoms with Crippen molar-refractivity contribution in [1.29, 1.82) is 0 Å². The summed E-state index contributed by atoms with van der Waals surface area (Å²) in [5.74, 6) is 2.05. The lowest BCUT2D eigenvalue weighted by Gasteiger charge is -2.17. The first-order valence-corrected chi connectivity index (χ1v) is 7.65. The van der Waals surface area contributed by atoms with Crippen molar-refractivity contribution in [1.82, 2.24) is 5.32 Å². The minimum absolute atomic E-state index is 0.603. The van der Waals surface area contributed by atoms with Gasteiger partial charge in [-0.1, -0.05) is 25.4 Å². The normalized spacial score (nSPS) is 11.0. The van der Waals surface area contributed by atoms with Gasteiger partial charge in [0, 0.05) is 36.9 Å². The van der Waals surface area contributed by atoms with Crippen LogP contribution in [0.4, 0.5) is 0 Å². The van der Waals surface area contributed by atoms with Crippen LogP contribution in [-0.2, 0) is 11.3 Å². The zero-order chi connectivity index (χ0) is 15.7. The molecule has 0 unspecified atom stereocenters. The summed E-state index contributed by atoms with van der Waals surface area (Å²) < 4.78 is 16.3. The molecule has 0 radical (unpaired) electrons. The predicted octanol–water partition coefficient (Wildman–Crippen LogP) is 3.51. The predicted molar refractivity (Wildman–Crippen MR) is 86.5 cm³/mol. The van der Waals surface area contributed by atoms with Crippen LogP contribution in [0.2, 0.25) is 5.02 Å². The van der Waals surface area contributed by atoms with Crippen LogP contribution in [0.15, 0.2) is 12.1 Å². The van der Waals surface area contributed by atoms with Gasteiger partial charge in [0.05, 0.1) is 20.3 Å². The first kappa shape index (κ1) is 18.1. The Kier molecular flexibility index (Phi) is 8.50. The summed E-state index contributed by atoms with van der Waals surface area (Å²) in [6.45, 7) is 7.13. The van der Waals surface area contributed by atoms with Crippen LogP contribution in [0.5, 0.6) is 11.5 Å². The SMILES string of the molecule is COCCNCc1cc(Cl)cc(OC)c1OCCC(C)C. The number of rotatable bonds is 10. The van der Waals surface area contributed by atoms with Crippen LogP contribution in [0.1, 0.15) is 25.8 Å². The summed E-state index contributed by atoms with van der Waals surface area (Å²) >= 11 is 6.14. The first-order chi connectivity index (χ1) is 10.1. The molecule has 21 heavy (non-hydrogen) atoms. The van der Waals surface area contributed by atoms with E-state index in [0.29, 0.717) is 36.4 Å². The summed E-state index contributed by atoms with van der Waals surface area (Å²) in [6, 6.07) is 3.69. The fourth-order valence-electron chi connectivity index (χ4n) is 1.86. The summed E-state index contributed by atoms with van der Waals surface area (Å²) in [6.07, 6.45) is 1.00. The van der Waals surface area contributed by atoms with Crippen LogP contribution >= 0.6 is 11.6 Å². The van der Waals surface area contributed by atoms with E-state index in [-0.39, 0.29) is 0 Å². The molecule has 0 fully saturated rings. The van der Waals surface area contributed by atoms with Crippen molar-refractivity contribution in [3.63, 3.8) is 0 Å². The molecule has 120 valence electrons. The van der Waals surface area contributed by atoms with Crippen LogP contribution in [0, 0.1) is 5.92 Å².